The molecule has 0 spiro atoms. The Labute approximate surface area is 72.4 Å². The van der Waals surface area contributed by atoms with Crippen molar-refractivity contribution >= 4 is 5.91 Å². The molecule has 2 bridgehead atoms. The van der Waals surface area contributed by atoms with E-state index < -0.39 is 0 Å². The van der Waals surface area contributed by atoms with E-state index in [4.69, 9.17) is 0 Å². The fourth-order valence-corrected chi connectivity index (χ4v) is 1.83. The minimum Gasteiger partial charge on any atom is -0.375 e. The minimum atomic E-state index is 0.162. The van der Waals surface area contributed by atoms with E-state index in [1.165, 1.54) is 5.57 Å². The van der Waals surface area contributed by atoms with Crippen LogP contribution in [-0.4, -0.2) is 29.9 Å². The molecule has 66 valence electrons. The molecule has 0 aromatic rings. The summed E-state index contributed by atoms with van der Waals surface area (Å²) in [7, 11) is 0. The fourth-order valence-electron chi connectivity index (χ4n) is 1.83. The van der Waals surface area contributed by atoms with Gasteiger partial charge in [0.25, 0.3) is 0 Å². The van der Waals surface area contributed by atoms with E-state index in [-0.39, 0.29) is 5.91 Å². The maximum Gasteiger partial charge on any atom is 0.220 e. The molecule has 0 fully saturated rings. The highest BCUT2D eigenvalue weighted by molar-refractivity contribution is 5.76. The number of hydrogen-bond acceptors (Lipinski definition) is 2. The van der Waals surface area contributed by atoms with E-state index >= 15 is 0 Å². The van der Waals surface area contributed by atoms with E-state index in [9.17, 15) is 4.79 Å². The van der Waals surface area contributed by atoms with Gasteiger partial charge in [-0.25, -0.2) is 0 Å². The number of amides is 1. The SMILES string of the molecule is CCC(=O)N[C@H]1CN2C=C1CC2. The van der Waals surface area contributed by atoms with Gasteiger partial charge in [-0.3, -0.25) is 4.79 Å². The summed E-state index contributed by atoms with van der Waals surface area (Å²) in [5.74, 6) is 0.162. The van der Waals surface area contributed by atoms with Gasteiger partial charge in [0, 0.05) is 25.7 Å². The van der Waals surface area contributed by atoms with Crippen LogP contribution in [0.5, 0.6) is 0 Å². The van der Waals surface area contributed by atoms with Crippen LogP contribution in [0.1, 0.15) is 19.8 Å². The van der Waals surface area contributed by atoms with Crippen molar-refractivity contribution in [1.29, 1.82) is 0 Å². The molecule has 1 atom stereocenters. The van der Waals surface area contributed by atoms with Gasteiger partial charge in [-0.2, -0.15) is 0 Å². The zero-order valence-corrected chi connectivity index (χ0v) is 7.34. The lowest BCUT2D eigenvalue weighted by Gasteiger charge is -2.23. The van der Waals surface area contributed by atoms with Crippen molar-refractivity contribution in [2.24, 2.45) is 0 Å². The molecule has 2 heterocycles. The topological polar surface area (TPSA) is 32.3 Å². The maximum absolute atomic E-state index is 11.1. The third kappa shape index (κ3) is 1.19. The van der Waals surface area contributed by atoms with Crippen molar-refractivity contribution in [1.82, 2.24) is 10.2 Å². The quantitative estimate of drug-likeness (QED) is 0.647. The smallest absolute Gasteiger partial charge is 0.220 e. The average Bonchev–Trinajstić information content (AvgIpc) is 2.64. The minimum absolute atomic E-state index is 0.162. The maximum atomic E-state index is 11.1. The standard InChI is InChI=1S/C9H14N2O/c1-2-9(12)10-8-6-11-4-3-7(8)5-11/h5,8H,2-4,6H2,1H3,(H,10,12)/t8-/m0/s1. The molecular weight excluding hydrogens is 152 g/mol. The Hall–Kier alpha value is -0.990. The van der Waals surface area contributed by atoms with Gasteiger partial charge in [-0.1, -0.05) is 6.92 Å². The number of carbonyl (C=O) groups excluding carboxylic acids is 1. The van der Waals surface area contributed by atoms with Crippen LogP contribution in [0.2, 0.25) is 0 Å². The average molecular weight is 166 g/mol. The largest absolute Gasteiger partial charge is 0.375 e. The number of carbonyl (C=O) groups is 1. The predicted octanol–water partition coefficient (Wildman–Crippen LogP) is 0.484. The van der Waals surface area contributed by atoms with Gasteiger partial charge >= 0.3 is 0 Å². The second-order valence-electron chi connectivity index (χ2n) is 3.42. The Bertz CT molecular complexity index is 235. The highest BCUT2D eigenvalue weighted by atomic mass is 16.1. The zero-order valence-electron chi connectivity index (χ0n) is 7.34. The zero-order chi connectivity index (χ0) is 8.55. The first-order valence-corrected chi connectivity index (χ1v) is 4.53. The number of nitrogens with zero attached hydrogens (tertiary/aromatic N) is 1. The molecule has 1 amide bonds. The Morgan fingerprint density at radius 1 is 1.83 bits per heavy atom. The number of rotatable bonds is 2. The van der Waals surface area contributed by atoms with E-state index in [0.717, 1.165) is 19.5 Å². The molecule has 1 N–H and O–H groups in total. The van der Waals surface area contributed by atoms with Crippen molar-refractivity contribution in [3.63, 3.8) is 0 Å². The van der Waals surface area contributed by atoms with Crippen LogP contribution in [-0.2, 0) is 4.79 Å². The molecule has 0 saturated carbocycles. The molecule has 0 aromatic heterocycles. The van der Waals surface area contributed by atoms with E-state index in [2.05, 4.69) is 16.4 Å². The van der Waals surface area contributed by atoms with Crippen LogP contribution in [0.15, 0.2) is 11.8 Å². The van der Waals surface area contributed by atoms with E-state index in [1.807, 2.05) is 6.92 Å². The van der Waals surface area contributed by atoms with Crippen LogP contribution in [0.25, 0.3) is 0 Å². The lowest BCUT2D eigenvalue weighted by molar-refractivity contribution is -0.121. The molecular formula is C9H14N2O. The molecule has 2 rings (SSSR count). The summed E-state index contributed by atoms with van der Waals surface area (Å²) in [6.45, 7) is 4.02. The Kier molecular flexibility index (Phi) is 1.79. The fraction of sp³-hybridized carbons (Fsp3) is 0.667. The highest BCUT2D eigenvalue weighted by Crippen LogP contribution is 2.25. The van der Waals surface area contributed by atoms with Crippen molar-refractivity contribution in [2.45, 2.75) is 25.8 Å². The molecule has 12 heavy (non-hydrogen) atoms. The van der Waals surface area contributed by atoms with Crippen LogP contribution in [0, 0.1) is 0 Å². The molecule has 2 aliphatic heterocycles. The molecule has 0 unspecified atom stereocenters. The van der Waals surface area contributed by atoms with Crippen molar-refractivity contribution in [3.8, 4) is 0 Å². The van der Waals surface area contributed by atoms with Gasteiger partial charge in [0.1, 0.15) is 0 Å². The molecule has 3 heteroatoms. The second kappa shape index (κ2) is 2.81. The number of hydrogen-bond donors (Lipinski definition) is 1. The predicted molar refractivity (Wildman–Crippen MR) is 46.5 cm³/mol. The molecule has 3 nitrogen and oxygen atoms in total. The number of fused-ring (bicyclic) bond motifs is 1. The monoisotopic (exact) mass is 166 g/mol. The van der Waals surface area contributed by atoms with E-state index in [0.29, 0.717) is 12.5 Å². The molecule has 0 radical (unpaired) electrons. The molecule has 0 saturated heterocycles. The third-order valence-electron chi connectivity index (χ3n) is 2.56. The summed E-state index contributed by atoms with van der Waals surface area (Å²) >= 11 is 0. The van der Waals surface area contributed by atoms with Crippen LogP contribution in [0.3, 0.4) is 0 Å². The first kappa shape index (κ1) is 7.65. The summed E-state index contributed by atoms with van der Waals surface area (Å²) in [5.41, 5.74) is 1.40. The normalized spacial score (nSPS) is 25.9. The summed E-state index contributed by atoms with van der Waals surface area (Å²) in [4.78, 5) is 13.4. The van der Waals surface area contributed by atoms with Gasteiger partial charge in [0.05, 0.1) is 6.04 Å². The summed E-state index contributed by atoms with van der Waals surface area (Å²) < 4.78 is 0. The Morgan fingerprint density at radius 2 is 2.67 bits per heavy atom. The molecule has 0 aromatic carbocycles. The van der Waals surface area contributed by atoms with Gasteiger partial charge in [0.15, 0.2) is 0 Å². The van der Waals surface area contributed by atoms with Gasteiger partial charge < -0.3 is 10.2 Å². The lowest BCUT2D eigenvalue weighted by Crippen LogP contribution is -2.41. The van der Waals surface area contributed by atoms with Crippen LogP contribution >= 0.6 is 0 Å². The summed E-state index contributed by atoms with van der Waals surface area (Å²) in [6, 6.07) is 0.311. The highest BCUT2D eigenvalue weighted by Gasteiger charge is 2.30. The van der Waals surface area contributed by atoms with Crippen LogP contribution < -0.4 is 5.32 Å². The first-order chi connectivity index (χ1) is 5.79. The third-order valence-corrected chi connectivity index (χ3v) is 2.56. The van der Waals surface area contributed by atoms with Gasteiger partial charge in [0.2, 0.25) is 5.91 Å². The van der Waals surface area contributed by atoms with Gasteiger partial charge in [-0.15, -0.1) is 0 Å². The lowest BCUT2D eigenvalue weighted by atomic mass is 10.1. The number of nitrogens with one attached hydrogen (secondary N) is 1. The summed E-state index contributed by atoms with van der Waals surface area (Å²) in [6.07, 6.45) is 3.90. The van der Waals surface area contributed by atoms with Crippen molar-refractivity contribution in [3.05, 3.63) is 11.8 Å². The molecule has 2 aliphatic rings. The second-order valence-corrected chi connectivity index (χ2v) is 3.42. The Morgan fingerprint density at radius 3 is 3.17 bits per heavy atom. The van der Waals surface area contributed by atoms with Crippen molar-refractivity contribution in [2.75, 3.05) is 13.1 Å². The van der Waals surface area contributed by atoms with Gasteiger partial charge in [-0.05, 0) is 12.0 Å². The van der Waals surface area contributed by atoms with Crippen molar-refractivity contribution < 1.29 is 4.79 Å². The Balaban J connectivity index is 1.91. The number of piperidine rings is 1. The molecule has 0 aliphatic carbocycles. The van der Waals surface area contributed by atoms with E-state index in [1.54, 1.807) is 0 Å². The first-order valence-electron chi connectivity index (χ1n) is 4.53. The van der Waals surface area contributed by atoms with Crippen LogP contribution in [0.4, 0.5) is 0 Å². The summed E-state index contributed by atoms with van der Waals surface area (Å²) in [5, 5.41) is 3.01.